The average molecular weight is 354 g/mol. The maximum Gasteiger partial charge on any atom is 0.253 e. The first-order chi connectivity index (χ1) is 11.4. The zero-order valence-corrected chi connectivity index (χ0v) is 14.6. The van der Waals surface area contributed by atoms with Gasteiger partial charge in [0.25, 0.3) is 5.91 Å². The predicted octanol–water partition coefficient (Wildman–Crippen LogP) is -0.901. The van der Waals surface area contributed by atoms with E-state index in [9.17, 15) is 18.0 Å². The molecule has 1 saturated heterocycles. The molecule has 0 unspecified atom stereocenters. The molecule has 9 heteroatoms. The van der Waals surface area contributed by atoms with E-state index in [2.05, 4.69) is 10.6 Å². The van der Waals surface area contributed by atoms with Crippen LogP contribution in [0.3, 0.4) is 0 Å². The number of carbonyl (C=O) groups is 2. The molecule has 0 radical (unpaired) electrons. The Morgan fingerprint density at radius 1 is 1.33 bits per heavy atom. The molecular formula is C15H22N4O4S. The zero-order chi connectivity index (χ0) is 17.7. The Labute approximate surface area is 141 Å². The zero-order valence-electron chi connectivity index (χ0n) is 13.8. The van der Waals surface area contributed by atoms with Gasteiger partial charge in [-0.25, -0.2) is 8.42 Å². The second-order valence-corrected chi connectivity index (χ2v) is 7.48. The fourth-order valence-corrected chi connectivity index (χ4v) is 3.74. The third-order valence-corrected chi connectivity index (χ3v) is 5.65. The van der Waals surface area contributed by atoms with Crippen molar-refractivity contribution in [2.24, 2.45) is 0 Å². The van der Waals surface area contributed by atoms with Gasteiger partial charge in [-0.05, 0) is 31.3 Å². The van der Waals surface area contributed by atoms with Gasteiger partial charge in [-0.3, -0.25) is 9.59 Å². The van der Waals surface area contributed by atoms with Gasteiger partial charge in [0.1, 0.15) is 0 Å². The molecule has 2 N–H and O–H groups in total. The van der Waals surface area contributed by atoms with Crippen LogP contribution in [0.25, 0.3) is 0 Å². The first-order valence-electron chi connectivity index (χ1n) is 7.63. The van der Waals surface area contributed by atoms with E-state index in [1.54, 1.807) is 19.0 Å². The molecule has 1 aliphatic rings. The molecule has 2 rings (SSSR count). The Morgan fingerprint density at radius 3 is 2.58 bits per heavy atom. The highest BCUT2D eigenvalue weighted by Gasteiger charge is 2.29. The van der Waals surface area contributed by atoms with Gasteiger partial charge in [0.2, 0.25) is 15.9 Å². The molecule has 24 heavy (non-hydrogen) atoms. The van der Waals surface area contributed by atoms with Crippen molar-refractivity contribution in [3.8, 4) is 0 Å². The third-order valence-electron chi connectivity index (χ3n) is 3.79. The van der Waals surface area contributed by atoms with E-state index in [4.69, 9.17) is 0 Å². The molecule has 0 aromatic heterocycles. The maximum atomic E-state index is 12.5. The summed E-state index contributed by atoms with van der Waals surface area (Å²) in [5.74, 6) is -0.491. The van der Waals surface area contributed by atoms with E-state index < -0.39 is 10.0 Å². The molecular weight excluding hydrogens is 332 g/mol. The Hall–Kier alpha value is -1.97. The smallest absolute Gasteiger partial charge is 0.253 e. The van der Waals surface area contributed by atoms with Gasteiger partial charge in [0, 0.05) is 38.8 Å². The maximum absolute atomic E-state index is 12.5. The number of piperazine rings is 1. The van der Waals surface area contributed by atoms with Crippen molar-refractivity contribution >= 4 is 21.8 Å². The fourth-order valence-electron chi connectivity index (χ4n) is 2.34. The summed E-state index contributed by atoms with van der Waals surface area (Å²) in [7, 11) is -0.239. The lowest BCUT2D eigenvalue weighted by Crippen LogP contribution is -2.49. The number of benzene rings is 1. The van der Waals surface area contributed by atoms with Gasteiger partial charge in [-0.1, -0.05) is 0 Å². The molecule has 0 aliphatic carbocycles. The summed E-state index contributed by atoms with van der Waals surface area (Å²) in [6.07, 6.45) is 0. The molecule has 0 saturated carbocycles. The summed E-state index contributed by atoms with van der Waals surface area (Å²) >= 11 is 0. The summed E-state index contributed by atoms with van der Waals surface area (Å²) in [6, 6.07) is 5.80. The predicted molar refractivity (Wildman–Crippen MR) is 89.1 cm³/mol. The van der Waals surface area contributed by atoms with Crippen molar-refractivity contribution in [2.75, 3.05) is 46.8 Å². The van der Waals surface area contributed by atoms with Gasteiger partial charge in [-0.2, -0.15) is 4.31 Å². The van der Waals surface area contributed by atoms with E-state index in [1.165, 1.54) is 24.3 Å². The standard InChI is InChI=1S/C15H22N4O4S/c1-16-7-9-18(2)15(21)12-3-5-13(6-4-12)24(22,23)19-10-8-17-14(20)11-19/h3-6,16H,7-11H2,1-2H3,(H,17,20). The second kappa shape index (κ2) is 7.73. The van der Waals surface area contributed by atoms with E-state index >= 15 is 0 Å². The number of hydrogen-bond acceptors (Lipinski definition) is 5. The molecule has 8 nitrogen and oxygen atoms in total. The van der Waals surface area contributed by atoms with Crippen molar-refractivity contribution in [3.05, 3.63) is 29.8 Å². The Bertz CT molecular complexity index is 703. The molecule has 0 bridgehead atoms. The van der Waals surface area contributed by atoms with Crippen LogP contribution in [0, 0.1) is 0 Å². The van der Waals surface area contributed by atoms with Crippen molar-refractivity contribution in [3.63, 3.8) is 0 Å². The lowest BCUT2D eigenvalue weighted by Gasteiger charge is -2.26. The van der Waals surface area contributed by atoms with Gasteiger partial charge >= 0.3 is 0 Å². The first-order valence-corrected chi connectivity index (χ1v) is 9.07. The topological polar surface area (TPSA) is 98.8 Å². The van der Waals surface area contributed by atoms with E-state index in [0.29, 0.717) is 25.2 Å². The molecule has 1 aromatic rings. The van der Waals surface area contributed by atoms with Gasteiger partial charge < -0.3 is 15.5 Å². The summed E-state index contributed by atoms with van der Waals surface area (Å²) in [4.78, 5) is 25.3. The highest BCUT2D eigenvalue weighted by Crippen LogP contribution is 2.17. The summed E-state index contributed by atoms with van der Waals surface area (Å²) in [5, 5.41) is 5.55. The average Bonchev–Trinajstić information content (AvgIpc) is 2.59. The minimum Gasteiger partial charge on any atom is -0.354 e. The Morgan fingerprint density at radius 2 is 2.00 bits per heavy atom. The van der Waals surface area contributed by atoms with Crippen LogP contribution in [0.2, 0.25) is 0 Å². The summed E-state index contributed by atoms with van der Waals surface area (Å²) in [5.41, 5.74) is 0.420. The number of nitrogens with one attached hydrogen (secondary N) is 2. The highest BCUT2D eigenvalue weighted by molar-refractivity contribution is 7.89. The lowest BCUT2D eigenvalue weighted by molar-refractivity contribution is -0.122. The fraction of sp³-hybridized carbons (Fsp3) is 0.467. The number of nitrogens with zero attached hydrogens (tertiary/aromatic N) is 2. The van der Waals surface area contributed by atoms with Crippen LogP contribution in [0.5, 0.6) is 0 Å². The van der Waals surface area contributed by atoms with Crippen molar-refractivity contribution in [1.82, 2.24) is 19.8 Å². The Kier molecular flexibility index (Phi) is 5.92. The van der Waals surface area contributed by atoms with Crippen molar-refractivity contribution < 1.29 is 18.0 Å². The van der Waals surface area contributed by atoms with Crippen LogP contribution in [-0.4, -0.2) is 76.3 Å². The number of carbonyl (C=O) groups excluding carboxylic acids is 2. The molecule has 1 aliphatic heterocycles. The third kappa shape index (κ3) is 4.11. The number of likely N-dealkylation sites (N-methyl/N-ethyl adjacent to an activating group) is 2. The number of rotatable bonds is 6. The minimum absolute atomic E-state index is 0.0756. The van der Waals surface area contributed by atoms with E-state index in [-0.39, 0.29) is 29.8 Å². The molecule has 1 heterocycles. The van der Waals surface area contributed by atoms with Crippen LogP contribution in [0.1, 0.15) is 10.4 Å². The van der Waals surface area contributed by atoms with Crippen LogP contribution in [-0.2, 0) is 14.8 Å². The van der Waals surface area contributed by atoms with E-state index in [0.717, 1.165) is 4.31 Å². The van der Waals surface area contributed by atoms with Crippen LogP contribution >= 0.6 is 0 Å². The minimum atomic E-state index is -3.73. The van der Waals surface area contributed by atoms with Crippen LogP contribution in [0.15, 0.2) is 29.2 Å². The molecule has 0 atom stereocenters. The number of hydrogen-bond donors (Lipinski definition) is 2. The van der Waals surface area contributed by atoms with Gasteiger partial charge in [-0.15, -0.1) is 0 Å². The molecule has 2 amide bonds. The Balaban J connectivity index is 2.13. The summed E-state index contributed by atoms with van der Waals surface area (Å²) < 4.78 is 26.2. The van der Waals surface area contributed by atoms with Gasteiger partial charge in [0.15, 0.2) is 0 Å². The molecule has 132 valence electrons. The first kappa shape index (κ1) is 18.4. The second-order valence-electron chi connectivity index (χ2n) is 5.54. The van der Waals surface area contributed by atoms with E-state index in [1.807, 2.05) is 0 Å². The van der Waals surface area contributed by atoms with Crippen LogP contribution < -0.4 is 10.6 Å². The quantitative estimate of drug-likeness (QED) is 0.690. The monoisotopic (exact) mass is 354 g/mol. The molecule has 1 aromatic carbocycles. The lowest BCUT2D eigenvalue weighted by atomic mass is 10.2. The largest absolute Gasteiger partial charge is 0.354 e. The van der Waals surface area contributed by atoms with Crippen LogP contribution in [0.4, 0.5) is 0 Å². The highest BCUT2D eigenvalue weighted by atomic mass is 32.2. The number of sulfonamides is 1. The molecule has 1 fully saturated rings. The van der Waals surface area contributed by atoms with Gasteiger partial charge in [0.05, 0.1) is 11.4 Å². The summed E-state index contributed by atoms with van der Waals surface area (Å²) in [6.45, 7) is 1.58. The normalized spacial score (nSPS) is 15.8. The van der Waals surface area contributed by atoms with Crippen molar-refractivity contribution in [2.45, 2.75) is 4.90 Å². The number of amides is 2. The SMILES string of the molecule is CNCCN(C)C(=O)c1ccc(S(=O)(=O)N2CCNC(=O)C2)cc1. The molecule has 0 spiro atoms. The van der Waals surface area contributed by atoms with Crippen molar-refractivity contribution in [1.29, 1.82) is 0 Å².